The van der Waals surface area contributed by atoms with Gasteiger partial charge in [-0.15, -0.1) is 0 Å². The molecule has 1 atom stereocenters. The maximum absolute atomic E-state index is 12.8. The fraction of sp³-hybridized carbons (Fsp3) is 0.562. The number of rotatable bonds is 3. The molecule has 0 unspecified atom stereocenters. The zero-order chi connectivity index (χ0) is 18.4. The Hall–Kier alpha value is -2.32. The predicted octanol–water partition coefficient (Wildman–Crippen LogP) is 3.53. The van der Waals surface area contributed by atoms with Crippen molar-refractivity contribution in [2.24, 2.45) is 7.05 Å². The van der Waals surface area contributed by atoms with Gasteiger partial charge in [-0.2, -0.15) is 18.3 Å². The molecule has 0 spiro atoms. The second-order valence-electron chi connectivity index (χ2n) is 6.50. The Kier molecular flexibility index (Phi) is 4.34. The summed E-state index contributed by atoms with van der Waals surface area (Å²) in [6.45, 7) is 4.41. The molecule has 9 heteroatoms. The number of halogens is 3. The highest BCUT2D eigenvalue weighted by Gasteiger charge is 2.38. The molecule has 3 heterocycles. The molecule has 0 bridgehead atoms. The second kappa shape index (κ2) is 6.20. The first-order valence-electron chi connectivity index (χ1n) is 8.07. The molecule has 0 radical (unpaired) electrons. The van der Waals surface area contributed by atoms with Gasteiger partial charge in [0, 0.05) is 25.7 Å². The predicted molar refractivity (Wildman–Crippen MR) is 81.8 cm³/mol. The van der Waals surface area contributed by atoms with Crippen molar-refractivity contribution in [3.63, 3.8) is 0 Å². The van der Waals surface area contributed by atoms with Crippen molar-refractivity contribution in [1.82, 2.24) is 19.8 Å². The van der Waals surface area contributed by atoms with Crippen molar-refractivity contribution < 1.29 is 22.5 Å². The summed E-state index contributed by atoms with van der Waals surface area (Å²) < 4.78 is 44.8. The van der Waals surface area contributed by atoms with Crippen LogP contribution in [-0.4, -0.2) is 32.3 Å². The molecular formula is C16H19F3N4O2. The lowest BCUT2D eigenvalue weighted by atomic mass is 10.1. The van der Waals surface area contributed by atoms with Crippen LogP contribution in [0.1, 0.15) is 66.3 Å². The van der Waals surface area contributed by atoms with E-state index in [2.05, 4.69) is 10.3 Å². The Morgan fingerprint density at radius 3 is 2.64 bits per heavy atom. The minimum absolute atomic E-state index is 0.0946. The van der Waals surface area contributed by atoms with Gasteiger partial charge in [-0.25, -0.2) is 0 Å². The van der Waals surface area contributed by atoms with E-state index in [9.17, 15) is 18.0 Å². The molecule has 0 saturated carbocycles. The lowest BCUT2D eigenvalue weighted by molar-refractivity contribution is -0.141. The van der Waals surface area contributed by atoms with Crippen LogP contribution in [0.2, 0.25) is 0 Å². The number of aryl methyl sites for hydroxylation is 1. The molecule has 1 saturated heterocycles. The van der Waals surface area contributed by atoms with E-state index >= 15 is 0 Å². The van der Waals surface area contributed by atoms with Crippen LogP contribution in [0.3, 0.4) is 0 Å². The molecule has 0 aliphatic carbocycles. The van der Waals surface area contributed by atoms with E-state index in [-0.39, 0.29) is 17.7 Å². The van der Waals surface area contributed by atoms with Crippen molar-refractivity contribution in [3.8, 4) is 0 Å². The summed E-state index contributed by atoms with van der Waals surface area (Å²) in [5.41, 5.74) is -0.382. The monoisotopic (exact) mass is 356 g/mol. The summed E-state index contributed by atoms with van der Waals surface area (Å²) in [4.78, 5) is 14.3. The van der Waals surface area contributed by atoms with Crippen molar-refractivity contribution >= 4 is 5.91 Å². The highest BCUT2D eigenvalue weighted by Crippen LogP contribution is 2.35. The fourth-order valence-electron chi connectivity index (χ4n) is 2.99. The van der Waals surface area contributed by atoms with E-state index in [1.54, 1.807) is 0 Å². The molecule has 1 amide bonds. The van der Waals surface area contributed by atoms with Crippen LogP contribution in [0.15, 0.2) is 16.7 Å². The highest BCUT2D eigenvalue weighted by atomic mass is 19.4. The number of carbonyl (C=O) groups is 1. The molecule has 3 rings (SSSR count). The zero-order valence-electron chi connectivity index (χ0n) is 14.2. The number of hydrogen-bond donors (Lipinski definition) is 0. The average Bonchev–Trinajstić information content (AvgIpc) is 3.24. The van der Waals surface area contributed by atoms with Gasteiger partial charge < -0.3 is 9.42 Å². The van der Waals surface area contributed by atoms with Gasteiger partial charge in [-0.3, -0.25) is 9.48 Å². The molecule has 1 aliphatic heterocycles. The third-order valence-corrected chi connectivity index (χ3v) is 4.37. The topological polar surface area (TPSA) is 64.2 Å². The van der Waals surface area contributed by atoms with Gasteiger partial charge in [0.05, 0.1) is 11.7 Å². The van der Waals surface area contributed by atoms with Gasteiger partial charge in [0.15, 0.2) is 11.5 Å². The number of likely N-dealkylation sites (tertiary alicyclic amines) is 1. The zero-order valence-corrected chi connectivity index (χ0v) is 14.2. The first-order chi connectivity index (χ1) is 11.7. The van der Waals surface area contributed by atoms with Crippen molar-refractivity contribution in [3.05, 3.63) is 35.0 Å². The first-order valence-corrected chi connectivity index (χ1v) is 8.07. The molecule has 6 nitrogen and oxygen atoms in total. The smallest absolute Gasteiger partial charge is 0.359 e. The van der Waals surface area contributed by atoms with Gasteiger partial charge in [-0.05, 0) is 18.8 Å². The van der Waals surface area contributed by atoms with Crippen molar-refractivity contribution in [1.29, 1.82) is 0 Å². The Morgan fingerprint density at radius 1 is 1.36 bits per heavy atom. The normalized spacial score (nSPS) is 18.4. The van der Waals surface area contributed by atoms with Gasteiger partial charge in [-0.1, -0.05) is 19.0 Å². The molecule has 136 valence electrons. The van der Waals surface area contributed by atoms with Crippen LogP contribution >= 0.6 is 0 Å². The van der Waals surface area contributed by atoms with Crippen molar-refractivity contribution in [2.45, 2.75) is 44.8 Å². The van der Waals surface area contributed by atoms with Crippen LogP contribution in [0.5, 0.6) is 0 Å². The largest absolute Gasteiger partial charge is 0.435 e. The van der Waals surface area contributed by atoms with Crippen LogP contribution in [0, 0.1) is 0 Å². The maximum atomic E-state index is 12.8. The standard InChI is InChI=1S/C16H19F3N4O2/c1-9(2)10-7-13(25-21-10)11-5-4-6-23(11)15(24)12-8-14(16(17,18)19)20-22(12)3/h7-9,11H,4-6H2,1-3H3/t11-/m1/s1. The van der Waals surface area contributed by atoms with E-state index in [1.807, 2.05) is 19.9 Å². The SMILES string of the molecule is CC(C)c1cc([C@H]2CCCN2C(=O)c2cc(C(F)(F)F)nn2C)on1. The highest BCUT2D eigenvalue weighted by molar-refractivity contribution is 5.93. The molecule has 0 aromatic carbocycles. The Bertz CT molecular complexity index is 779. The summed E-state index contributed by atoms with van der Waals surface area (Å²) >= 11 is 0. The maximum Gasteiger partial charge on any atom is 0.435 e. The van der Waals surface area contributed by atoms with Crippen molar-refractivity contribution in [2.75, 3.05) is 6.54 Å². The summed E-state index contributed by atoms with van der Waals surface area (Å²) in [7, 11) is 1.33. The van der Waals surface area contributed by atoms with E-state index in [0.29, 0.717) is 18.7 Å². The molecule has 2 aromatic heterocycles. The average molecular weight is 356 g/mol. The molecule has 0 N–H and O–H groups in total. The molecule has 25 heavy (non-hydrogen) atoms. The molecule has 2 aromatic rings. The summed E-state index contributed by atoms with van der Waals surface area (Å²) in [6, 6.07) is 2.28. The summed E-state index contributed by atoms with van der Waals surface area (Å²) in [5, 5.41) is 7.41. The summed E-state index contributed by atoms with van der Waals surface area (Å²) in [5.74, 6) is 0.262. The van der Waals surface area contributed by atoms with Gasteiger partial charge in [0.25, 0.3) is 5.91 Å². The lowest BCUT2D eigenvalue weighted by Gasteiger charge is -2.22. The fourth-order valence-corrected chi connectivity index (χ4v) is 2.99. The molecule has 1 aliphatic rings. The minimum Gasteiger partial charge on any atom is -0.359 e. The van der Waals surface area contributed by atoms with Crippen LogP contribution < -0.4 is 0 Å². The van der Waals surface area contributed by atoms with Crippen LogP contribution in [-0.2, 0) is 13.2 Å². The van der Waals surface area contributed by atoms with E-state index in [1.165, 1.54) is 11.9 Å². The Morgan fingerprint density at radius 2 is 2.08 bits per heavy atom. The van der Waals surface area contributed by atoms with Gasteiger partial charge in [0.1, 0.15) is 5.69 Å². The van der Waals surface area contributed by atoms with Crippen LogP contribution in [0.4, 0.5) is 13.2 Å². The van der Waals surface area contributed by atoms with E-state index in [0.717, 1.165) is 22.9 Å². The third kappa shape index (κ3) is 3.27. The number of alkyl halides is 3. The Labute approximate surface area is 142 Å². The van der Waals surface area contributed by atoms with Crippen LogP contribution in [0.25, 0.3) is 0 Å². The molecular weight excluding hydrogens is 337 g/mol. The Balaban J connectivity index is 1.87. The second-order valence-corrected chi connectivity index (χ2v) is 6.50. The third-order valence-electron chi connectivity index (χ3n) is 4.37. The van der Waals surface area contributed by atoms with Gasteiger partial charge >= 0.3 is 6.18 Å². The van der Waals surface area contributed by atoms with E-state index < -0.39 is 17.8 Å². The van der Waals surface area contributed by atoms with Gasteiger partial charge in [0.2, 0.25) is 0 Å². The van der Waals surface area contributed by atoms with E-state index in [4.69, 9.17) is 4.52 Å². The number of hydrogen-bond acceptors (Lipinski definition) is 4. The first kappa shape index (κ1) is 17.5. The number of nitrogens with zero attached hydrogens (tertiary/aromatic N) is 4. The molecule has 1 fully saturated rings. The number of aromatic nitrogens is 3. The lowest BCUT2D eigenvalue weighted by Crippen LogP contribution is -2.31. The quantitative estimate of drug-likeness (QED) is 0.844. The summed E-state index contributed by atoms with van der Waals surface area (Å²) in [6.07, 6.45) is -3.15. The minimum atomic E-state index is -4.59. The number of amides is 1. The number of carbonyl (C=O) groups excluding carboxylic acids is 1.